The predicted octanol–water partition coefficient (Wildman–Crippen LogP) is 4.39. The standard InChI is InChI=1S/C23H16FN5O2/c24-16-6-3-5-15(11-16)12-21(30)26-17-7-4-8-18(13-17)31-23-22-28-25-14-29(22)20-10-2-1-9-19(20)27-23/h1-11,13-14H,12H2,(H,26,30). The van der Waals surface area contributed by atoms with Crippen molar-refractivity contribution in [3.8, 4) is 11.6 Å². The maximum atomic E-state index is 13.3. The van der Waals surface area contributed by atoms with E-state index in [9.17, 15) is 9.18 Å². The number of para-hydroxylation sites is 2. The van der Waals surface area contributed by atoms with Crippen molar-refractivity contribution in [3.05, 3.63) is 90.5 Å². The normalized spacial score (nSPS) is 11.0. The van der Waals surface area contributed by atoms with Gasteiger partial charge in [-0.1, -0.05) is 30.3 Å². The van der Waals surface area contributed by atoms with Crippen molar-refractivity contribution in [2.45, 2.75) is 6.42 Å². The van der Waals surface area contributed by atoms with Gasteiger partial charge >= 0.3 is 0 Å². The topological polar surface area (TPSA) is 81.4 Å². The Hall–Kier alpha value is -4.33. The second-order valence-corrected chi connectivity index (χ2v) is 6.91. The number of carbonyl (C=O) groups excluding carboxylic acids is 1. The minimum absolute atomic E-state index is 0.0649. The number of hydrogen-bond acceptors (Lipinski definition) is 5. The lowest BCUT2D eigenvalue weighted by molar-refractivity contribution is -0.115. The number of hydrogen-bond donors (Lipinski definition) is 1. The predicted molar refractivity (Wildman–Crippen MR) is 114 cm³/mol. The molecular weight excluding hydrogens is 397 g/mol. The summed E-state index contributed by atoms with van der Waals surface area (Å²) in [5.41, 5.74) is 3.24. The molecule has 31 heavy (non-hydrogen) atoms. The molecule has 5 aromatic rings. The van der Waals surface area contributed by atoms with Gasteiger partial charge in [-0.25, -0.2) is 9.37 Å². The molecule has 7 nitrogen and oxygen atoms in total. The summed E-state index contributed by atoms with van der Waals surface area (Å²) in [4.78, 5) is 16.9. The second kappa shape index (κ2) is 7.83. The number of fused-ring (bicyclic) bond motifs is 3. The maximum Gasteiger partial charge on any atom is 0.266 e. The number of ether oxygens (including phenoxy) is 1. The summed E-state index contributed by atoms with van der Waals surface area (Å²) in [6.07, 6.45) is 1.67. The molecule has 152 valence electrons. The lowest BCUT2D eigenvalue weighted by atomic mass is 10.1. The Labute approximate surface area is 176 Å². The number of nitrogens with one attached hydrogen (secondary N) is 1. The Balaban J connectivity index is 1.38. The fraction of sp³-hybridized carbons (Fsp3) is 0.0435. The largest absolute Gasteiger partial charge is 0.436 e. The van der Waals surface area contributed by atoms with Gasteiger partial charge < -0.3 is 10.1 Å². The van der Waals surface area contributed by atoms with Gasteiger partial charge in [0.25, 0.3) is 5.88 Å². The molecule has 0 atom stereocenters. The highest BCUT2D eigenvalue weighted by atomic mass is 19.1. The number of anilines is 1. The van der Waals surface area contributed by atoms with Crippen LogP contribution >= 0.6 is 0 Å². The third-order valence-electron chi connectivity index (χ3n) is 4.69. The highest BCUT2D eigenvalue weighted by Gasteiger charge is 2.13. The summed E-state index contributed by atoms with van der Waals surface area (Å²) in [5, 5.41) is 10.9. The minimum Gasteiger partial charge on any atom is -0.436 e. The first kappa shape index (κ1) is 18.7. The van der Waals surface area contributed by atoms with E-state index in [1.54, 1.807) is 42.7 Å². The molecule has 0 saturated heterocycles. The molecule has 0 unspecified atom stereocenters. The molecule has 0 radical (unpaired) electrons. The number of aromatic nitrogens is 4. The summed E-state index contributed by atoms with van der Waals surface area (Å²) < 4.78 is 21.1. The number of nitrogens with zero attached hydrogens (tertiary/aromatic N) is 4. The zero-order chi connectivity index (χ0) is 21.2. The molecular formula is C23H16FN5O2. The van der Waals surface area contributed by atoms with Gasteiger partial charge in [0.2, 0.25) is 11.6 Å². The Morgan fingerprint density at radius 3 is 2.81 bits per heavy atom. The van der Waals surface area contributed by atoms with Crippen molar-refractivity contribution in [1.82, 2.24) is 19.6 Å². The van der Waals surface area contributed by atoms with Gasteiger partial charge in [-0.3, -0.25) is 9.20 Å². The summed E-state index contributed by atoms with van der Waals surface area (Å²) in [7, 11) is 0. The van der Waals surface area contributed by atoms with Crippen LogP contribution < -0.4 is 10.1 Å². The Bertz CT molecular complexity index is 1420. The number of benzene rings is 3. The summed E-state index contributed by atoms with van der Waals surface area (Å²) >= 11 is 0. The average molecular weight is 413 g/mol. The molecule has 0 aliphatic carbocycles. The molecule has 8 heteroatoms. The van der Waals surface area contributed by atoms with Gasteiger partial charge in [0.1, 0.15) is 17.9 Å². The van der Waals surface area contributed by atoms with Crippen LogP contribution in [0.3, 0.4) is 0 Å². The fourth-order valence-electron chi connectivity index (χ4n) is 3.33. The van der Waals surface area contributed by atoms with Gasteiger partial charge in [0.15, 0.2) is 0 Å². The van der Waals surface area contributed by atoms with E-state index in [4.69, 9.17) is 4.74 Å². The third-order valence-corrected chi connectivity index (χ3v) is 4.69. The zero-order valence-corrected chi connectivity index (χ0v) is 16.2. The van der Waals surface area contributed by atoms with E-state index in [-0.39, 0.29) is 18.1 Å². The lowest BCUT2D eigenvalue weighted by Gasteiger charge is -2.10. The smallest absolute Gasteiger partial charge is 0.266 e. The molecule has 3 aromatic carbocycles. The van der Waals surface area contributed by atoms with Gasteiger partial charge in [0.05, 0.1) is 17.5 Å². The number of amides is 1. The average Bonchev–Trinajstić information content (AvgIpc) is 3.25. The van der Waals surface area contributed by atoms with E-state index in [2.05, 4.69) is 20.5 Å². The molecule has 0 saturated carbocycles. The van der Waals surface area contributed by atoms with Crippen LogP contribution in [-0.2, 0) is 11.2 Å². The van der Waals surface area contributed by atoms with E-state index in [1.165, 1.54) is 12.1 Å². The van der Waals surface area contributed by atoms with Crippen LogP contribution in [0.15, 0.2) is 79.1 Å². The lowest BCUT2D eigenvalue weighted by Crippen LogP contribution is -2.14. The van der Waals surface area contributed by atoms with Crippen LogP contribution in [0.2, 0.25) is 0 Å². The first-order valence-corrected chi connectivity index (χ1v) is 9.56. The van der Waals surface area contributed by atoms with Crippen LogP contribution in [0.1, 0.15) is 5.56 Å². The van der Waals surface area contributed by atoms with Crippen molar-refractivity contribution in [2.24, 2.45) is 0 Å². The molecule has 0 aliphatic heterocycles. The summed E-state index contributed by atoms with van der Waals surface area (Å²) in [5.74, 6) is 0.158. The fourth-order valence-corrected chi connectivity index (χ4v) is 3.33. The molecule has 2 aromatic heterocycles. The van der Waals surface area contributed by atoms with Gasteiger partial charge in [-0.15, -0.1) is 10.2 Å². The highest BCUT2D eigenvalue weighted by Crippen LogP contribution is 2.28. The first-order valence-electron chi connectivity index (χ1n) is 9.56. The Kier molecular flexibility index (Phi) is 4.72. The van der Waals surface area contributed by atoms with E-state index in [1.807, 2.05) is 28.7 Å². The SMILES string of the molecule is O=C(Cc1cccc(F)c1)Nc1cccc(Oc2nc3ccccc3n3cnnc23)c1. The maximum absolute atomic E-state index is 13.3. The summed E-state index contributed by atoms with van der Waals surface area (Å²) in [6, 6.07) is 20.5. The second-order valence-electron chi connectivity index (χ2n) is 6.91. The van der Waals surface area contributed by atoms with Crippen molar-refractivity contribution >= 4 is 28.3 Å². The van der Waals surface area contributed by atoms with E-state index < -0.39 is 0 Å². The van der Waals surface area contributed by atoms with Gasteiger partial charge in [-0.05, 0) is 42.0 Å². The third kappa shape index (κ3) is 3.91. The first-order chi connectivity index (χ1) is 15.2. The van der Waals surface area contributed by atoms with Gasteiger partial charge in [-0.2, -0.15) is 0 Å². The molecule has 5 rings (SSSR count). The summed E-state index contributed by atoms with van der Waals surface area (Å²) in [6.45, 7) is 0. The molecule has 0 spiro atoms. The number of carbonyl (C=O) groups is 1. The van der Waals surface area contributed by atoms with E-state index >= 15 is 0 Å². The van der Waals surface area contributed by atoms with Crippen LogP contribution in [0, 0.1) is 5.82 Å². The van der Waals surface area contributed by atoms with Crippen LogP contribution in [-0.4, -0.2) is 25.5 Å². The highest BCUT2D eigenvalue weighted by molar-refractivity contribution is 5.92. The molecule has 1 amide bonds. The molecule has 0 fully saturated rings. The van der Waals surface area contributed by atoms with E-state index in [0.717, 1.165) is 11.0 Å². The van der Waals surface area contributed by atoms with Crippen molar-refractivity contribution < 1.29 is 13.9 Å². The van der Waals surface area contributed by atoms with Gasteiger partial charge in [0, 0.05) is 11.8 Å². The van der Waals surface area contributed by atoms with Crippen molar-refractivity contribution in [2.75, 3.05) is 5.32 Å². The minimum atomic E-state index is -0.372. The monoisotopic (exact) mass is 413 g/mol. The van der Waals surface area contributed by atoms with Crippen LogP contribution in [0.25, 0.3) is 16.7 Å². The van der Waals surface area contributed by atoms with Crippen LogP contribution in [0.5, 0.6) is 11.6 Å². The Morgan fingerprint density at radius 1 is 1.03 bits per heavy atom. The van der Waals surface area contributed by atoms with Crippen LogP contribution in [0.4, 0.5) is 10.1 Å². The molecule has 0 bridgehead atoms. The Morgan fingerprint density at radius 2 is 1.90 bits per heavy atom. The number of halogens is 1. The zero-order valence-electron chi connectivity index (χ0n) is 16.2. The molecule has 1 N–H and O–H groups in total. The quantitative estimate of drug-likeness (QED) is 0.462. The van der Waals surface area contributed by atoms with Crippen molar-refractivity contribution in [3.63, 3.8) is 0 Å². The molecule has 2 heterocycles. The molecule has 0 aliphatic rings. The van der Waals surface area contributed by atoms with Crippen molar-refractivity contribution in [1.29, 1.82) is 0 Å². The number of rotatable bonds is 5. The van der Waals surface area contributed by atoms with E-state index in [0.29, 0.717) is 28.5 Å².